The number of hydrogen-bond acceptors (Lipinski definition) is 3. The minimum atomic E-state index is 0.0202. The maximum absolute atomic E-state index is 12.0. The highest BCUT2D eigenvalue weighted by molar-refractivity contribution is 7.10. The molecular weight excluding hydrogens is 351 g/mol. The molecule has 0 bridgehead atoms. The van der Waals surface area contributed by atoms with E-state index < -0.39 is 0 Å². The van der Waals surface area contributed by atoms with Crippen molar-refractivity contribution in [3.05, 3.63) is 55.7 Å². The summed E-state index contributed by atoms with van der Waals surface area (Å²) >= 11 is 13.7. The molecular formula is C17H20Cl2N2OS. The van der Waals surface area contributed by atoms with Gasteiger partial charge in [-0.15, -0.1) is 11.3 Å². The molecule has 0 spiro atoms. The van der Waals surface area contributed by atoms with Crippen molar-refractivity contribution >= 4 is 40.4 Å². The first-order valence-corrected chi connectivity index (χ1v) is 9.01. The minimum Gasteiger partial charge on any atom is -0.355 e. The Bertz CT molecular complexity index is 672. The quantitative estimate of drug-likeness (QED) is 0.793. The molecule has 124 valence electrons. The van der Waals surface area contributed by atoms with Crippen LogP contribution in [-0.2, 0) is 17.8 Å². The van der Waals surface area contributed by atoms with Gasteiger partial charge in [0.1, 0.15) is 0 Å². The Balaban J connectivity index is 1.73. The van der Waals surface area contributed by atoms with Gasteiger partial charge in [0.05, 0.1) is 6.54 Å². The van der Waals surface area contributed by atoms with Crippen molar-refractivity contribution in [2.75, 3.05) is 20.1 Å². The van der Waals surface area contributed by atoms with Crippen LogP contribution >= 0.6 is 34.5 Å². The van der Waals surface area contributed by atoms with E-state index in [2.05, 4.69) is 23.7 Å². The van der Waals surface area contributed by atoms with Crippen molar-refractivity contribution in [1.29, 1.82) is 0 Å². The third kappa shape index (κ3) is 5.81. The van der Waals surface area contributed by atoms with Crippen molar-refractivity contribution in [3.8, 4) is 0 Å². The number of nitrogens with one attached hydrogen (secondary N) is 1. The summed E-state index contributed by atoms with van der Waals surface area (Å²) in [6, 6.07) is 7.52. The predicted octanol–water partition coefficient (Wildman–Crippen LogP) is 4.15. The van der Waals surface area contributed by atoms with E-state index in [-0.39, 0.29) is 5.91 Å². The van der Waals surface area contributed by atoms with Gasteiger partial charge in [0.25, 0.3) is 0 Å². The molecule has 0 atom stereocenters. The first-order chi connectivity index (χ1) is 11.0. The highest BCUT2D eigenvalue weighted by Gasteiger charge is 2.09. The van der Waals surface area contributed by atoms with E-state index in [0.29, 0.717) is 29.6 Å². The van der Waals surface area contributed by atoms with Gasteiger partial charge in [-0.2, -0.15) is 0 Å². The molecule has 6 heteroatoms. The number of amides is 1. The van der Waals surface area contributed by atoms with E-state index in [1.54, 1.807) is 17.4 Å². The zero-order valence-corrected chi connectivity index (χ0v) is 15.6. The maximum Gasteiger partial charge on any atom is 0.234 e. The van der Waals surface area contributed by atoms with Crippen molar-refractivity contribution in [3.63, 3.8) is 0 Å². The molecule has 1 amide bonds. The maximum atomic E-state index is 12.0. The third-order valence-corrected chi connectivity index (χ3v) is 5.12. The van der Waals surface area contributed by atoms with Crippen LogP contribution in [0.3, 0.4) is 0 Å². The van der Waals surface area contributed by atoms with Crippen LogP contribution in [0.1, 0.15) is 16.0 Å². The number of nitrogens with zero attached hydrogens (tertiary/aromatic N) is 1. The fraction of sp³-hybridized carbons (Fsp3) is 0.353. The average Bonchev–Trinajstić information content (AvgIpc) is 2.86. The summed E-state index contributed by atoms with van der Waals surface area (Å²) in [6.07, 6.45) is 0.690. The smallest absolute Gasteiger partial charge is 0.234 e. The lowest BCUT2D eigenvalue weighted by molar-refractivity contribution is -0.122. The SMILES string of the molecule is Cc1ccsc1CN(C)CC(=O)NCCc1ccc(Cl)cc1Cl. The fourth-order valence-electron chi connectivity index (χ4n) is 2.23. The molecule has 0 unspecified atom stereocenters. The lowest BCUT2D eigenvalue weighted by Gasteiger charge is -2.16. The Kier molecular flexibility index (Phi) is 6.90. The third-order valence-electron chi connectivity index (χ3n) is 3.53. The molecule has 0 aliphatic heterocycles. The van der Waals surface area contributed by atoms with E-state index in [1.165, 1.54) is 10.4 Å². The monoisotopic (exact) mass is 370 g/mol. The number of likely N-dealkylation sites (N-methyl/N-ethyl adjacent to an activating group) is 1. The highest BCUT2D eigenvalue weighted by atomic mass is 35.5. The number of benzene rings is 1. The van der Waals surface area contributed by atoms with Gasteiger partial charge in [0, 0.05) is 28.0 Å². The second kappa shape index (κ2) is 8.69. The zero-order chi connectivity index (χ0) is 16.8. The topological polar surface area (TPSA) is 32.3 Å². The number of rotatable bonds is 7. The van der Waals surface area contributed by atoms with Gasteiger partial charge < -0.3 is 5.32 Å². The van der Waals surface area contributed by atoms with Crippen molar-refractivity contribution in [2.24, 2.45) is 0 Å². The van der Waals surface area contributed by atoms with Gasteiger partial charge in [-0.05, 0) is 55.1 Å². The summed E-state index contributed by atoms with van der Waals surface area (Å²) in [6.45, 7) is 3.83. The standard InChI is InChI=1S/C17H20Cl2N2OS/c1-12-6-8-23-16(12)10-21(2)11-17(22)20-7-5-13-3-4-14(18)9-15(13)19/h3-4,6,8-9H,5,7,10-11H2,1-2H3,(H,20,22). The van der Waals surface area contributed by atoms with E-state index in [0.717, 1.165) is 12.1 Å². The van der Waals surface area contributed by atoms with E-state index in [9.17, 15) is 4.79 Å². The number of hydrogen-bond donors (Lipinski definition) is 1. The van der Waals surface area contributed by atoms with Crippen LogP contribution in [0.25, 0.3) is 0 Å². The Morgan fingerprint density at radius 1 is 1.30 bits per heavy atom. The molecule has 1 heterocycles. The van der Waals surface area contributed by atoms with Crippen LogP contribution in [-0.4, -0.2) is 30.9 Å². The molecule has 0 aliphatic carbocycles. The number of carbonyl (C=O) groups excluding carboxylic acids is 1. The van der Waals surface area contributed by atoms with Crippen LogP contribution in [0.15, 0.2) is 29.6 Å². The molecule has 0 radical (unpaired) electrons. The molecule has 0 saturated carbocycles. The van der Waals surface area contributed by atoms with Gasteiger partial charge >= 0.3 is 0 Å². The number of aryl methyl sites for hydroxylation is 1. The van der Waals surface area contributed by atoms with Crippen molar-refractivity contribution < 1.29 is 4.79 Å². The molecule has 2 rings (SSSR count). The molecule has 23 heavy (non-hydrogen) atoms. The molecule has 3 nitrogen and oxygen atoms in total. The summed E-state index contributed by atoms with van der Waals surface area (Å²) in [7, 11) is 1.95. The van der Waals surface area contributed by atoms with Gasteiger partial charge in [-0.1, -0.05) is 29.3 Å². The fourth-order valence-corrected chi connectivity index (χ4v) is 3.72. The predicted molar refractivity (Wildman–Crippen MR) is 98.6 cm³/mol. The molecule has 1 N–H and O–H groups in total. The number of carbonyl (C=O) groups is 1. The first kappa shape index (κ1) is 18.3. The van der Waals surface area contributed by atoms with Gasteiger partial charge in [-0.25, -0.2) is 0 Å². The van der Waals surface area contributed by atoms with E-state index in [1.807, 2.05) is 24.1 Å². The molecule has 2 aromatic rings. The number of thiophene rings is 1. The van der Waals surface area contributed by atoms with Crippen molar-refractivity contribution in [1.82, 2.24) is 10.2 Å². The second-order valence-corrected chi connectivity index (χ2v) is 7.38. The summed E-state index contributed by atoms with van der Waals surface area (Å²) in [5, 5.41) is 6.26. The normalized spacial score (nSPS) is 11.0. The summed E-state index contributed by atoms with van der Waals surface area (Å²) in [4.78, 5) is 15.3. The Morgan fingerprint density at radius 2 is 2.09 bits per heavy atom. The summed E-state index contributed by atoms with van der Waals surface area (Å²) in [5.74, 6) is 0.0202. The lowest BCUT2D eigenvalue weighted by Crippen LogP contribution is -2.35. The van der Waals surface area contributed by atoms with Crippen LogP contribution in [0.4, 0.5) is 0 Å². The first-order valence-electron chi connectivity index (χ1n) is 7.38. The van der Waals surface area contributed by atoms with Crippen LogP contribution in [0, 0.1) is 6.92 Å². The van der Waals surface area contributed by atoms with Crippen LogP contribution < -0.4 is 5.32 Å². The Hall–Kier alpha value is -1.07. The Labute approximate surface area is 151 Å². The highest BCUT2D eigenvalue weighted by Crippen LogP contribution is 2.21. The Morgan fingerprint density at radius 3 is 2.74 bits per heavy atom. The largest absolute Gasteiger partial charge is 0.355 e. The van der Waals surface area contributed by atoms with E-state index in [4.69, 9.17) is 23.2 Å². The van der Waals surface area contributed by atoms with E-state index >= 15 is 0 Å². The molecule has 0 saturated heterocycles. The van der Waals surface area contributed by atoms with Crippen molar-refractivity contribution in [2.45, 2.75) is 19.9 Å². The second-order valence-electron chi connectivity index (χ2n) is 5.53. The van der Waals surface area contributed by atoms with Crippen LogP contribution in [0.2, 0.25) is 10.0 Å². The lowest BCUT2D eigenvalue weighted by atomic mass is 10.1. The minimum absolute atomic E-state index is 0.0202. The summed E-state index contributed by atoms with van der Waals surface area (Å²) < 4.78 is 0. The zero-order valence-electron chi connectivity index (χ0n) is 13.2. The number of halogens is 2. The molecule has 0 aliphatic rings. The average molecular weight is 371 g/mol. The molecule has 1 aromatic carbocycles. The van der Waals surface area contributed by atoms with Crippen LogP contribution in [0.5, 0.6) is 0 Å². The van der Waals surface area contributed by atoms with Gasteiger partial charge in [0.2, 0.25) is 5.91 Å². The van der Waals surface area contributed by atoms with Gasteiger partial charge in [-0.3, -0.25) is 9.69 Å². The molecule has 0 fully saturated rings. The summed E-state index contributed by atoms with van der Waals surface area (Å²) in [5.41, 5.74) is 2.26. The van der Waals surface area contributed by atoms with Gasteiger partial charge in [0.15, 0.2) is 0 Å². The molecule has 1 aromatic heterocycles.